The van der Waals surface area contributed by atoms with Gasteiger partial charge in [-0.2, -0.15) is 0 Å². The van der Waals surface area contributed by atoms with Crippen LogP contribution in [0.1, 0.15) is 19.3 Å². The van der Waals surface area contributed by atoms with Crippen LogP contribution in [-0.4, -0.2) is 81.0 Å². The van der Waals surface area contributed by atoms with E-state index in [1.165, 1.54) is 34.4 Å². The summed E-state index contributed by atoms with van der Waals surface area (Å²) >= 11 is 4.05. The van der Waals surface area contributed by atoms with Gasteiger partial charge in [-0.1, -0.05) is 0 Å². The molecule has 0 aliphatic carbocycles. The molecule has 6 bridgehead atoms. The molecule has 3 aromatic heterocycles. The van der Waals surface area contributed by atoms with Crippen molar-refractivity contribution in [3.05, 3.63) is 40.1 Å². The van der Waals surface area contributed by atoms with Gasteiger partial charge in [-0.15, -0.1) is 34.4 Å². The molecular formula is C23H24N2O7S3. The van der Waals surface area contributed by atoms with Crippen molar-refractivity contribution in [1.82, 2.24) is 9.97 Å². The number of thioether (sulfide) groups is 1. The van der Waals surface area contributed by atoms with Gasteiger partial charge in [0.05, 0.1) is 55.1 Å². The molecule has 186 valence electrons. The lowest BCUT2D eigenvalue weighted by Crippen LogP contribution is -2.15. The van der Waals surface area contributed by atoms with Crippen LogP contribution in [0.25, 0.3) is 21.3 Å². The summed E-state index contributed by atoms with van der Waals surface area (Å²) in [6.07, 6.45) is 1.93. The Balaban J connectivity index is 1.55. The van der Waals surface area contributed by atoms with Crippen LogP contribution in [0, 0.1) is 0 Å². The van der Waals surface area contributed by atoms with Crippen LogP contribution in [0.5, 0.6) is 0 Å². The monoisotopic (exact) mass is 536 g/mol. The molecule has 0 spiro atoms. The molecule has 0 saturated carbocycles. The highest BCUT2D eigenvalue weighted by Gasteiger charge is 2.17. The van der Waals surface area contributed by atoms with E-state index in [1.807, 2.05) is 18.4 Å². The average Bonchev–Trinajstić information content (AvgIpc) is 3.56. The molecule has 35 heavy (non-hydrogen) atoms. The minimum absolute atomic E-state index is 0.150. The number of cyclic esters (lactones) is 2. The first-order valence-electron chi connectivity index (χ1n) is 10.8. The molecule has 12 heteroatoms. The van der Waals surface area contributed by atoms with E-state index in [0.29, 0.717) is 47.7 Å². The van der Waals surface area contributed by atoms with Gasteiger partial charge < -0.3 is 23.7 Å². The smallest absolute Gasteiger partial charge is 0.348 e. The molecule has 9 nitrogen and oxygen atoms in total. The number of hydrogen-bond donors (Lipinski definition) is 0. The first-order valence-corrected chi connectivity index (χ1v) is 13.7. The van der Waals surface area contributed by atoms with Crippen molar-refractivity contribution < 1.29 is 33.3 Å². The van der Waals surface area contributed by atoms with Crippen LogP contribution in [0.3, 0.4) is 0 Å². The molecule has 1 aliphatic rings. The maximum absolute atomic E-state index is 12.4. The SMILES string of the molecule is CSc1cc2nc(n1)-c1ccc(s1)C(=O)OCCOCCOCCOCCOC(=O)c1ccc-2s1. The maximum Gasteiger partial charge on any atom is 0.348 e. The summed E-state index contributed by atoms with van der Waals surface area (Å²) in [7, 11) is 0. The van der Waals surface area contributed by atoms with Gasteiger partial charge in [-0.3, -0.25) is 0 Å². The number of hydrogen-bond acceptors (Lipinski definition) is 12. The number of carbonyl (C=O) groups excluding carboxylic acids is 2. The van der Waals surface area contributed by atoms with Crippen LogP contribution in [0.15, 0.2) is 35.4 Å². The normalized spacial score (nSPS) is 16.7. The van der Waals surface area contributed by atoms with Crippen molar-refractivity contribution in [1.29, 1.82) is 0 Å². The number of carbonyl (C=O) groups is 2. The Hall–Kier alpha value is -2.35. The summed E-state index contributed by atoms with van der Waals surface area (Å²) in [5, 5.41) is 0.778. The van der Waals surface area contributed by atoms with Crippen molar-refractivity contribution in [3.8, 4) is 21.3 Å². The van der Waals surface area contributed by atoms with E-state index in [-0.39, 0.29) is 26.4 Å². The highest BCUT2D eigenvalue weighted by atomic mass is 32.2. The summed E-state index contributed by atoms with van der Waals surface area (Å²) in [6.45, 7) is 2.44. The molecule has 0 amide bonds. The zero-order valence-corrected chi connectivity index (χ0v) is 21.5. The topological polar surface area (TPSA) is 106 Å². The van der Waals surface area contributed by atoms with E-state index >= 15 is 0 Å². The summed E-state index contributed by atoms with van der Waals surface area (Å²) in [4.78, 5) is 36.6. The van der Waals surface area contributed by atoms with Gasteiger partial charge in [0.15, 0.2) is 5.82 Å². The second-order valence-electron chi connectivity index (χ2n) is 7.06. The highest BCUT2D eigenvalue weighted by Crippen LogP contribution is 2.33. The lowest BCUT2D eigenvalue weighted by atomic mass is 10.3. The van der Waals surface area contributed by atoms with Crippen LogP contribution >= 0.6 is 34.4 Å². The predicted octanol–water partition coefficient (Wildman–Crippen LogP) is 4.03. The second-order valence-corrected chi connectivity index (χ2v) is 10.0. The number of esters is 2. The molecular weight excluding hydrogens is 512 g/mol. The zero-order chi connectivity index (χ0) is 24.5. The molecule has 4 heterocycles. The zero-order valence-electron chi connectivity index (χ0n) is 19.0. The fraction of sp³-hybridized carbons (Fsp3) is 0.391. The third kappa shape index (κ3) is 7.32. The Morgan fingerprint density at radius 3 is 1.74 bits per heavy atom. The van der Waals surface area contributed by atoms with Crippen molar-refractivity contribution >= 4 is 46.4 Å². The van der Waals surface area contributed by atoms with E-state index in [9.17, 15) is 9.59 Å². The predicted molar refractivity (Wildman–Crippen MR) is 133 cm³/mol. The lowest BCUT2D eigenvalue weighted by molar-refractivity contribution is -0.00659. The van der Waals surface area contributed by atoms with Crippen molar-refractivity contribution in [3.63, 3.8) is 0 Å². The molecule has 0 N–H and O–H groups in total. The molecule has 1 aliphatic heterocycles. The van der Waals surface area contributed by atoms with Gasteiger partial charge in [-0.05, 0) is 36.6 Å². The van der Waals surface area contributed by atoms with Gasteiger partial charge in [0.25, 0.3) is 0 Å². The maximum atomic E-state index is 12.4. The van der Waals surface area contributed by atoms with Gasteiger partial charge >= 0.3 is 11.9 Å². The van der Waals surface area contributed by atoms with Gasteiger partial charge in [-0.25, -0.2) is 19.6 Å². The van der Waals surface area contributed by atoms with Crippen LogP contribution in [0.2, 0.25) is 0 Å². The third-order valence-corrected chi connectivity index (χ3v) is 7.44. The number of ether oxygens (including phenoxy) is 5. The molecule has 4 rings (SSSR count). The van der Waals surface area contributed by atoms with E-state index in [2.05, 4.69) is 4.98 Å². The fourth-order valence-corrected chi connectivity index (χ4v) is 5.09. The number of fused-ring (bicyclic) bond motifs is 8. The van der Waals surface area contributed by atoms with E-state index in [0.717, 1.165) is 14.8 Å². The first-order chi connectivity index (χ1) is 17.1. The van der Waals surface area contributed by atoms with Crippen LogP contribution in [-0.2, 0) is 23.7 Å². The van der Waals surface area contributed by atoms with Gasteiger partial charge in [0, 0.05) is 0 Å². The molecule has 0 atom stereocenters. The van der Waals surface area contributed by atoms with Gasteiger partial charge in [0.2, 0.25) is 0 Å². The number of nitrogens with zero attached hydrogens (tertiary/aromatic N) is 2. The van der Waals surface area contributed by atoms with Crippen molar-refractivity contribution in [2.24, 2.45) is 0 Å². The Bertz CT molecular complexity index is 1070. The van der Waals surface area contributed by atoms with E-state index in [1.54, 1.807) is 18.2 Å². The number of aromatic nitrogens is 2. The Labute approximate surface area is 214 Å². The van der Waals surface area contributed by atoms with Crippen molar-refractivity contribution in [2.75, 3.05) is 59.1 Å². The summed E-state index contributed by atoms with van der Waals surface area (Å²) in [5.74, 6) is -0.327. The third-order valence-electron chi connectivity index (χ3n) is 4.66. The number of rotatable bonds is 1. The van der Waals surface area contributed by atoms with Gasteiger partial charge in [0.1, 0.15) is 28.0 Å². The second kappa shape index (κ2) is 13.1. The Morgan fingerprint density at radius 2 is 1.17 bits per heavy atom. The van der Waals surface area contributed by atoms with E-state index < -0.39 is 11.9 Å². The Morgan fingerprint density at radius 1 is 0.686 bits per heavy atom. The van der Waals surface area contributed by atoms with Crippen LogP contribution < -0.4 is 0 Å². The molecule has 0 saturated heterocycles. The molecule has 0 fully saturated rings. The molecule has 0 unspecified atom stereocenters. The van der Waals surface area contributed by atoms with Crippen molar-refractivity contribution in [2.45, 2.75) is 5.03 Å². The Kier molecular flexibility index (Phi) is 9.63. The van der Waals surface area contributed by atoms with Crippen LogP contribution in [0.4, 0.5) is 0 Å². The van der Waals surface area contributed by atoms with E-state index in [4.69, 9.17) is 28.7 Å². The molecule has 0 radical (unpaired) electrons. The molecule has 0 aromatic carbocycles. The molecule has 3 aromatic rings. The average molecular weight is 537 g/mol. The number of thiophene rings is 2. The standard InChI is InChI=1S/C23H24N2O7S3/c1-33-20-14-15-16-2-4-18(34-16)22(26)31-12-10-29-8-6-28-7-9-30-11-13-32-23(27)19-5-3-17(35-19)21(24-15)25-20/h2-5,14H,6-13H2,1H3. The fourth-order valence-electron chi connectivity index (χ4n) is 2.99. The lowest BCUT2D eigenvalue weighted by Gasteiger charge is -2.08. The summed E-state index contributed by atoms with van der Waals surface area (Å²) < 4.78 is 26.9. The quantitative estimate of drug-likeness (QED) is 0.257. The summed E-state index contributed by atoms with van der Waals surface area (Å²) in [5.41, 5.74) is 0.691. The highest BCUT2D eigenvalue weighted by molar-refractivity contribution is 7.98. The summed E-state index contributed by atoms with van der Waals surface area (Å²) in [6, 6.07) is 8.94. The first kappa shape index (κ1) is 25.7. The minimum atomic E-state index is -0.421. The minimum Gasteiger partial charge on any atom is -0.459 e. The largest absolute Gasteiger partial charge is 0.459 e.